The summed E-state index contributed by atoms with van der Waals surface area (Å²) in [5.74, 6) is -0.540. The number of hydrogen-bond acceptors (Lipinski definition) is 4. The Morgan fingerprint density at radius 1 is 1.19 bits per heavy atom. The van der Waals surface area contributed by atoms with Crippen LogP contribution < -0.4 is 10.6 Å². The van der Waals surface area contributed by atoms with Crippen LogP contribution in [0, 0.1) is 0 Å². The average molecular weight is 317 g/mol. The quantitative estimate of drug-likeness (QED) is 0.933. The van der Waals surface area contributed by atoms with E-state index in [-0.39, 0.29) is 5.82 Å². The van der Waals surface area contributed by atoms with Crippen LogP contribution in [0.5, 0.6) is 0 Å². The molecule has 0 radical (unpaired) electrons. The first-order chi connectivity index (χ1) is 9.84. The predicted octanol–water partition coefficient (Wildman–Crippen LogP) is 3.89. The monoisotopic (exact) mass is 316 g/mol. The molecular weight excluding hydrogens is 305 g/mol. The summed E-state index contributed by atoms with van der Waals surface area (Å²) >= 11 is 5.85. The molecule has 21 heavy (non-hydrogen) atoms. The Bertz CT molecular complexity index is 631. The van der Waals surface area contributed by atoms with Crippen LogP contribution in [0.25, 0.3) is 0 Å². The summed E-state index contributed by atoms with van der Waals surface area (Å²) in [7, 11) is 0. The van der Waals surface area contributed by atoms with Gasteiger partial charge in [-0.15, -0.1) is 0 Å². The molecule has 2 rings (SSSR count). The van der Waals surface area contributed by atoms with Crippen molar-refractivity contribution in [3.05, 3.63) is 41.0 Å². The van der Waals surface area contributed by atoms with Crippen molar-refractivity contribution in [3.8, 4) is 0 Å². The first-order valence-electron chi connectivity index (χ1n) is 6.07. The molecule has 0 atom stereocenters. The largest absolute Gasteiger partial charge is 0.435 e. The second-order valence-electron chi connectivity index (χ2n) is 4.15. The lowest BCUT2D eigenvalue weighted by Gasteiger charge is -2.24. The van der Waals surface area contributed by atoms with Gasteiger partial charge in [0.2, 0.25) is 5.95 Å². The van der Waals surface area contributed by atoms with Crippen molar-refractivity contribution in [3.63, 3.8) is 0 Å². The van der Waals surface area contributed by atoms with Gasteiger partial charge >= 0.3 is 6.18 Å². The second kappa shape index (κ2) is 5.77. The van der Waals surface area contributed by atoms with E-state index in [0.717, 1.165) is 0 Å². The van der Waals surface area contributed by atoms with Gasteiger partial charge in [-0.25, -0.2) is 4.98 Å². The van der Waals surface area contributed by atoms with E-state index in [9.17, 15) is 13.2 Å². The lowest BCUT2D eigenvalue weighted by molar-refractivity contribution is -0.141. The number of halogens is 4. The topological polar surface area (TPSA) is 55.0 Å². The Morgan fingerprint density at radius 2 is 1.81 bits per heavy atom. The molecule has 0 saturated heterocycles. The summed E-state index contributed by atoms with van der Waals surface area (Å²) in [6.07, 6.45) is -4.70. The first kappa shape index (κ1) is 15.4. The molecule has 2 aromatic rings. The van der Waals surface area contributed by atoms with Crippen molar-refractivity contribution < 1.29 is 13.2 Å². The fraction of sp³-hybridized carbons (Fsp3) is 0.231. The zero-order valence-electron chi connectivity index (χ0n) is 11.0. The molecule has 4 nitrogen and oxygen atoms in total. The molecule has 0 bridgehead atoms. The maximum absolute atomic E-state index is 12.9. The SMILES string of the molecule is CCN(c1ccccc1)c1nc(N)nc(C(F)(F)F)c1Cl. The molecule has 112 valence electrons. The van der Waals surface area contributed by atoms with Crippen molar-refractivity contribution in [2.75, 3.05) is 17.2 Å². The molecule has 1 aromatic heterocycles. The maximum Gasteiger partial charge on any atom is 0.435 e. The van der Waals surface area contributed by atoms with E-state index >= 15 is 0 Å². The van der Waals surface area contributed by atoms with Gasteiger partial charge in [-0.3, -0.25) is 0 Å². The summed E-state index contributed by atoms with van der Waals surface area (Å²) in [6, 6.07) is 8.81. The minimum absolute atomic E-state index is 0.0646. The van der Waals surface area contributed by atoms with E-state index in [4.69, 9.17) is 17.3 Å². The van der Waals surface area contributed by atoms with Gasteiger partial charge in [-0.05, 0) is 19.1 Å². The zero-order chi connectivity index (χ0) is 15.6. The molecule has 1 aromatic carbocycles. The molecule has 0 unspecified atom stereocenters. The summed E-state index contributed by atoms with van der Waals surface area (Å²) in [4.78, 5) is 8.59. The number of anilines is 3. The summed E-state index contributed by atoms with van der Waals surface area (Å²) in [5.41, 5.74) is 4.81. The molecule has 1 heterocycles. The molecule has 0 amide bonds. The fourth-order valence-electron chi connectivity index (χ4n) is 1.88. The molecule has 8 heteroatoms. The molecule has 0 fully saturated rings. The van der Waals surface area contributed by atoms with Crippen molar-refractivity contribution in [2.45, 2.75) is 13.1 Å². The van der Waals surface area contributed by atoms with E-state index in [1.165, 1.54) is 4.90 Å². The predicted molar refractivity (Wildman–Crippen MR) is 75.6 cm³/mol. The van der Waals surface area contributed by atoms with Crippen molar-refractivity contribution in [1.29, 1.82) is 0 Å². The smallest absolute Gasteiger partial charge is 0.368 e. The standard InChI is InChI=1S/C13H12ClF3N4/c1-2-21(8-6-4-3-5-7-8)11-9(14)10(13(15,16)17)19-12(18)20-11/h3-7H,2H2,1H3,(H2,18,19,20). The minimum atomic E-state index is -4.70. The highest BCUT2D eigenvalue weighted by Gasteiger charge is 2.38. The zero-order valence-corrected chi connectivity index (χ0v) is 11.8. The second-order valence-corrected chi connectivity index (χ2v) is 4.52. The number of para-hydroxylation sites is 1. The van der Waals surface area contributed by atoms with Gasteiger partial charge in [0, 0.05) is 12.2 Å². The minimum Gasteiger partial charge on any atom is -0.368 e. The Hall–Kier alpha value is -2.02. The van der Waals surface area contributed by atoms with Crippen LogP contribution in [-0.2, 0) is 6.18 Å². The van der Waals surface area contributed by atoms with Gasteiger partial charge in [-0.1, -0.05) is 29.8 Å². The van der Waals surface area contributed by atoms with Crippen LogP contribution in [0.3, 0.4) is 0 Å². The fourth-order valence-corrected chi connectivity index (χ4v) is 2.18. The van der Waals surface area contributed by atoms with Gasteiger partial charge in [0.05, 0.1) is 0 Å². The number of nitrogen functional groups attached to an aromatic ring is 1. The van der Waals surface area contributed by atoms with E-state index in [0.29, 0.717) is 12.2 Å². The van der Waals surface area contributed by atoms with E-state index in [1.54, 1.807) is 37.3 Å². The van der Waals surface area contributed by atoms with Gasteiger partial charge in [-0.2, -0.15) is 18.2 Å². The Kier molecular flexibility index (Phi) is 4.22. The number of nitrogens with two attached hydrogens (primary N) is 1. The van der Waals surface area contributed by atoms with Gasteiger partial charge in [0.25, 0.3) is 0 Å². The van der Waals surface area contributed by atoms with Crippen LogP contribution in [0.4, 0.5) is 30.6 Å². The Morgan fingerprint density at radius 3 is 2.33 bits per heavy atom. The normalized spacial score (nSPS) is 11.5. The Labute approximate surface area is 124 Å². The molecule has 0 aliphatic rings. The number of nitrogens with zero attached hydrogens (tertiary/aromatic N) is 3. The third-order valence-electron chi connectivity index (χ3n) is 2.76. The maximum atomic E-state index is 12.9. The van der Waals surface area contributed by atoms with Crippen LogP contribution in [0.2, 0.25) is 5.02 Å². The van der Waals surface area contributed by atoms with E-state index in [2.05, 4.69) is 9.97 Å². The summed E-state index contributed by atoms with van der Waals surface area (Å²) in [5, 5.41) is -0.567. The highest BCUT2D eigenvalue weighted by molar-refractivity contribution is 6.33. The van der Waals surface area contributed by atoms with Crippen molar-refractivity contribution in [1.82, 2.24) is 9.97 Å². The van der Waals surface area contributed by atoms with Crippen LogP contribution in [0.15, 0.2) is 30.3 Å². The number of hydrogen-bond donors (Lipinski definition) is 1. The molecular formula is C13H12ClF3N4. The molecule has 0 aliphatic heterocycles. The van der Waals surface area contributed by atoms with Crippen LogP contribution in [0.1, 0.15) is 12.6 Å². The molecule has 0 spiro atoms. The number of benzene rings is 1. The number of rotatable bonds is 3. The highest BCUT2D eigenvalue weighted by Crippen LogP contribution is 2.39. The average Bonchev–Trinajstić information content (AvgIpc) is 2.43. The Balaban J connectivity index is 2.60. The summed E-state index contributed by atoms with van der Waals surface area (Å²) in [6.45, 7) is 2.15. The number of aromatic nitrogens is 2. The lowest BCUT2D eigenvalue weighted by atomic mass is 10.2. The third-order valence-corrected chi connectivity index (χ3v) is 3.11. The first-order valence-corrected chi connectivity index (χ1v) is 6.45. The number of alkyl halides is 3. The van der Waals surface area contributed by atoms with Gasteiger partial charge in [0.1, 0.15) is 5.02 Å². The third kappa shape index (κ3) is 3.18. The van der Waals surface area contributed by atoms with Crippen molar-refractivity contribution >= 4 is 29.1 Å². The lowest BCUT2D eigenvalue weighted by Crippen LogP contribution is -2.21. The van der Waals surface area contributed by atoms with Crippen LogP contribution in [-0.4, -0.2) is 16.5 Å². The van der Waals surface area contributed by atoms with E-state index < -0.39 is 22.8 Å². The van der Waals surface area contributed by atoms with Crippen molar-refractivity contribution in [2.24, 2.45) is 0 Å². The summed E-state index contributed by atoms with van der Waals surface area (Å²) < 4.78 is 38.8. The van der Waals surface area contributed by atoms with Gasteiger partial charge < -0.3 is 10.6 Å². The molecule has 0 aliphatic carbocycles. The molecule has 0 saturated carbocycles. The highest BCUT2D eigenvalue weighted by atomic mass is 35.5. The van der Waals surface area contributed by atoms with Gasteiger partial charge in [0.15, 0.2) is 11.5 Å². The van der Waals surface area contributed by atoms with Crippen LogP contribution >= 0.6 is 11.6 Å². The van der Waals surface area contributed by atoms with E-state index in [1.807, 2.05) is 0 Å². The molecule has 2 N–H and O–H groups in total.